The Morgan fingerprint density at radius 3 is 3.19 bits per heavy atom. The highest BCUT2D eigenvalue weighted by Gasteiger charge is 2.34. The van der Waals surface area contributed by atoms with E-state index in [1.165, 1.54) is 24.5 Å². The van der Waals surface area contributed by atoms with Crippen LogP contribution in [0.4, 0.5) is 0 Å². The third kappa shape index (κ3) is 1.91. The van der Waals surface area contributed by atoms with Crippen molar-refractivity contribution in [3.05, 3.63) is 22.4 Å². The minimum atomic E-state index is 0.606. The van der Waals surface area contributed by atoms with Gasteiger partial charge in [0.1, 0.15) is 0 Å². The Bertz CT molecular complexity index is 338. The van der Waals surface area contributed by atoms with E-state index in [0.29, 0.717) is 6.04 Å². The molecule has 0 saturated carbocycles. The summed E-state index contributed by atoms with van der Waals surface area (Å²) in [6.07, 6.45) is 0. The summed E-state index contributed by atoms with van der Waals surface area (Å²) < 4.78 is 0. The summed E-state index contributed by atoms with van der Waals surface area (Å²) in [7, 11) is 2.26. The molecule has 2 saturated heterocycles. The fourth-order valence-corrected chi connectivity index (χ4v) is 3.72. The van der Waals surface area contributed by atoms with Crippen LogP contribution in [0, 0.1) is 0 Å². The van der Waals surface area contributed by atoms with E-state index in [1.807, 2.05) is 11.3 Å². The third-order valence-corrected chi connectivity index (χ3v) is 4.76. The van der Waals surface area contributed by atoms with Crippen molar-refractivity contribution in [2.24, 2.45) is 0 Å². The summed E-state index contributed by atoms with van der Waals surface area (Å²) in [6.45, 7) is 5.90. The van der Waals surface area contributed by atoms with Crippen LogP contribution in [-0.4, -0.2) is 55.6 Å². The first-order chi connectivity index (χ1) is 7.84. The van der Waals surface area contributed by atoms with E-state index in [9.17, 15) is 0 Å². The van der Waals surface area contributed by atoms with Crippen LogP contribution in [0.1, 0.15) is 10.9 Å². The smallest absolute Gasteiger partial charge is 0.0567 e. The van der Waals surface area contributed by atoms with E-state index >= 15 is 0 Å². The van der Waals surface area contributed by atoms with E-state index in [4.69, 9.17) is 0 Å². The second kappa shape index (κ2) is 4.45. The average Bonchev–Trinajstić information content (AvgIpc) is 2.81. The van der Waals surface area contributed by atoms with Gasteiger partial charge in [-0.3, -0.25) is 9.80 Å². The van der Waals surface area contributed by atoms with Crippen LogP contribution in [0.25, 0.3) is 0 Å². The highest BCUT2D eigenvalue weighted by molar-refractivity contribution is 7.10. The zero-order valence-corrected chi connectivity index (χ0v) is 10.5. The Labute approximate surface area is 101 Å². The first kappa shape index (κ1) is 10.7. The molecule has 2 unspecified atom stereocenters. The number of fused-ring (bicyclic) bond motifs is 1. The van der Waals surface area contributed by atoms with Gasteiger partial charge in [0.05, 0.1) is 6.04 Å². The molecule has 0 bridgehead atoms. The standard InChI is InChI=1S/C12H19N3S/c1-14-8-10-7-13-4-5-15(10)9-11(14)12-3-2-6-16-12/h2-3,6,10-11,13H,4-5,7-9H2,1H3. The van der Waals surface area contributed by atoms with Crippen LogP contribution in [0.15, 0.2) is 17.5 Å². The Balaban J connectivity index is 1.76. The molecule has 0 aromatic carbocycles. The number of nitrogens with one attached hydrogen (secondary N) is 1. The molecule has 2 fully saturated rings. The molecule has 2 aliphatic rings. The molecule has 0 aliphatic carbocycles. The Kier molecular flexibility index (Phi) is 2.98. The van der Waals surface area contributed by atoms with Crippen molar-refractivity contribution >= 4 is 11.3 Å². The zero-order chi connectivity index (χ0) is 11.0. The molecule has 0 spiro atoms. The molecule has 3 rings (SSSR count). The number of rotatable bonds is 1. The van der Waals surface area contributed by atoms with Gasteiger partial charge in [0.25, 0.3) is 0 Å². The van der Waals surface area contributed by atoms with Gasteiger partial charge in [0, 0.05) is 43.6 Å². The lowest BCUT2D eigenvalue weighted by Crippen LogP contribution is -2.61. The predicted octanol–water partition coefficient (Wildman–Crippen LogP) is 1.01. The van der Waals surface area contributed by atoms with Gasteiger partial charge in [0.15, 0.2) is 0 Å². The van der Waals surface area contributed by atoms with Gasteiger partial charge in [-0.25, -0.2) is 0 Å². The van der Waals surface area contributed by atoms with Gasteiger partial charge in [-0.1, -0.05) is 6.07 Å². The monoisotopic (exact) mass is 237 g/mol. The molecule has 16 heavy (non-hydrogen) atoms. The van der Waals surface area contributed by atoms with Crippen LogP contribution in [0.3, 0.4) is 0 Å². The van der Waals surface area contributed by atoms with E-state index in [1.54, 1.807) is 0 Å². The first-order valence-corrected chi connectivity index (χ1v) is 6.91. The van der Waals surface area contributed by atoms with Gasteiger partial charge < -0.3 is 5.32 Å². The molecule has 88 valence electrons. The summed E-state index contributed by atoms with van der Waals surface area (Å²) in [5, 5.41) is 5.68. The van der Waals surface area contributed by atoms with Crippen molar-refractivity contribution in [1.82, 2.24) is 15.1 Å². The minimum absolute atomic E-state index is 0.606. The number of nitrogens with zero attached hydrogens (tertiary/aromatic N) is 2. The molecular formula is C12H19N3S. The van der Waals surface area contributed by atoms with Crippen LogP contribution < -0.4 is 5.32 Å². The Morgan fingerprint density at radius 1 is 1.44 bits per heavy atom. The molecule has 0 amide bonds. The van der Waals surface area contributed by atoms with Gasteiger partial charge in [-0.05, 0) is 18.5 Å². The summed E-state index contributed by atoms with van der Waals surface area (Å²) in [6, 6.07) is 5.76. The molecule has 3 heterocycles. The number of hydrogen-bond donors (Lipinski definition) is 1. The molecule has 0 radical (unpaired) electrons. The lowest BCUT2D eigenvalue weighted by Gasteiger charge is -2.47. The normalized spacial score (nSPS) is 32.6. The maximum atomic E-state index is 3.49. The van der Waals surface area contributed by atoms with Gasteiger partial charge in [-0.2, -0.15) is 0 Å². The first-order valence-electron chi connectivity index (χ1n) is 6.03. The van der Waals surface area contributed by atoms with Gasteiger partial charge in [-0.15, -0.1) is 11.3 Å². The highest BCUT2D eigenvalue weighted by Crippen LogP contribution is 2.29. The van der Waals surface area contributed by atoms with Gasteiger partial charge in [0.2, 0.25) is 0 Å². The van der Waals surface area contributed by atoms with Crippen molar-refractivity contribution in [1.29, 1.82) is 0 Å². The predicted molar refractivity (Wildman–Crippen MR) is 67.9 cm³/mol. The molecule has 1 aromatic rings. The number of hydrogen-bond acceptors (Lipinski definition) is 4. The van der Waals surface area contributed by atoms with E-state index in [0.717, 1.165) is 19.1 Å². The third-order valence-electron chi connectivity index (χ3n) is 3.78. The maximum Gasteiger partial charge on any atom is 0.0567 e. The molecular weight excluding hydrogens is 218 g/mol. The Morgan fingerprint density at radius 2 is 2.38 bits per heavy atom. The summed E-state index contributed by atoms with van der Waals surface area (Å²) in [4.78, 5) is 6.68. The van der Waals surface area contributed by atoms with Crippen molar-refractivity contribution in [2.45, 2.75) is 12.1 Å². The lowest BCUT2D eigenvalue weighted by molar-refractivity contribution is 0.0313. The van der Waals surface area contributed by atoms with Crippen molar-refractivity contribution < 1.29 is 0 Å². The molecule has 1 N–H and O–H groups in total. The number of piperazine rings is 2. The number of thiophene rings is 1. The average molecular weight is 237 g/mol. The maximum absolute atomic E-state index is 3.49. The van der Waals surface area contributed by atoms with E-state index in [2.05, 4.69) is 39.7 Å². The van der Waals surface area contributed by atoms with Crippen LogP contribution >= 0.6 is 11.3 Å². The summed E-state index contributed by atoms with van der Waals surface area (Å²) >= 11 is 1.89. The largest absolute Gasteiger partial charge is 0.314 e. The SMILES string of the molecule is CN1CC2CNCCN2CC1c1cccs1. The second-order valence-corrected chi connectivity index (χ2v) is 5.80. The molecule has 1 aromatic heterocycles. The van der Waals surface area contributed by atoms with E-state index < -0.39 is 0 Å². The van der Waals surface area contributed by atoms with Crippen LogP contribution in [0.2, 0.25) is 0 Å². The van der Waals surface area contributed by atoms with Crippen LogP contribution in [0.5, 0.6) is 0 Å². The quantitative estimate of drug-likeness (QED) is 0.786. The summed E-state index contributed by atoms with van der Waals surface area (Å²) in [5.74, 6) is 0. The lowest BCUT2D eigenvalue weighted by atomic mass is 10.0. The molecule has 4 heteroatoms. The highest BCUT2D eigenvalue weighted by atomic mass is 32.1. The topological polar surface area (TPSA) is 18.5 Å². The van der Waals surface area contributed by atoms with Gasteiger partial charge >= 0.3 is 0 Å². The van der Waals surface area contributed by atoms with Crippen molar-refractivity contribution in [3.8, 4) is 0 Å². The molecule has 2 aliphatic heterocycles. The van der Waals surface area contributed by atoms with Crippen molar-refractivity contribution in [2.75, 3.05) is 39.8 Å². The molecule has 3 nitrogen and oxygen atoms in total. The molecule has 2 atom stereocenters. The summed E-state index contributed by atoms with van der Waals surface area (Å²) in [5.41, 5.74) is 0. The zero-order valence-electron chi connectivity index (χ0n) is 9.72. The van der Waals surface area contributed by atoms with E-state index in [-0.39, 0.29) is 0 Å². The number of likely N-dealkylation sites (N-methyl/N-ethyl adjacent to an activating group) is 1. The van der Waals surface area contributed by atoms with Crippen LogP contribution in [-0.2, 0) is 0 Å². The fraction of sp³-hybridized carbons (Fsp3) is 0.667. The Hall–Kier alpha value is -0.420. The minimum Gasteiger partial charge on any atom is -0.314 e. The fourth-order valence-electron chi connectivity index (χ4n) is 2.83. The second-order valence-electron chi connectivity index (χ2n) is 4.82. The van der Waals surface area contributed by atoms with Crippen molar-refractivity contribution in [3.63, 3.8) is 0 Å².